The van der Waals surface area contributed by atoms with E-state index in [1.807, 2.05) is 12.3 Å². The van der Waals surface area contributed by atoms with Crippen LogP contribution in [0.2, 0.25) is 0 Å². The molecular weight excluding hydrogens is 298 g/mol. The van der Waals surface area contributed by atoms with E-state index in [2.05, 4.69) is 62.5 Å². The van der Waals surface area contributed by atoms with Gasteiger partial charge in [-0.05, 0) is 30.9 Å². The maximum absolute atomic E-state index is 4.55. The minimum atomic E-state index is 0.422. The van der Waals surface area contributed by atoms with Gasteiger partial charge in [-0.2, -0.15) is 0 Å². The van der Waals surface area contributed by atoms with E-state index in [0.717, 1.165) is 30.2 Å². The van der Waals surface area contributed by atoms with E-state index in [9.17, 15) is 0 Å². The van der Waals surface area contributed by atoms with Crippen molar-refractivity contribution in [3.05, 3.63) is 54.4 Å². The van der Waals surface area contributed by atoms with Gasteiger partial charge in [0, 0.05) is 48.9 Å². The molecule has 0 radical (unpaired) electrons. The van der Waals surface area contributed by atoms with Gasteiger partial charge in [0.25, 0.3) is 0 Å². The molecule has 3 aromatic heterocycles. The van der Waals surface area contributed by atoms with E-state index in [1.165, 1.54) is 18.5 Å². The van der Waals surface area contributed by atoms with Gasteiger partial charge >= 0.3 is 0 Å². The first-order chi connectivity index (χ1) is 11.7. The second-order valence-electron chi connectivity index (χ2n) is 6.85. The quantitative estimate of drug-likeness (QED) is 0.739. The topological polar surface area (TPSA) is 46.3 Å². The van der Waals surface area contributed by atoms with Gasteiger partial charge in [0.1, 0.15) is 17.8 Å². The molecule has 0 bridgehead atoms. The van der Waals surface area contributed by atoms with E-state index in [-0.39, 0.29) is 0 Å². The Labute approximate surface area is 142 Å². The molecular formula is C19H23N5. The standard InChI is InChI=1S/C19H23N5/c1-14(2)16-10-19(22-13-21-16)23-8-5-6-15(12-23)17-11-20-18-7-3-4-9-24(17)18/h3-4,7,9-11,13-15H,5-6,8,12H2,1-2H3. The zero-order valence-electron chi connectivity index (χ0n) is 14.3. The minimum Gasteiger partial charge on any atom is -0.356 e. The monoisotopic (exact) mass is 321 g/mol. The van der Waals surface area contributed by atoms with Crippen molar-refractivity contribution in [3.63, 3.8) is 0 Å². The molecule has 1 saturated heterocycles. The third-order valence-electron chi connectivity index (χ3n) is 4.87. The Morgan fingerprint density at radius 1 is 1.17 bits per heavy atom. The van der Waals surface area contributed by atoms with Crippen LogP contribution in [0.25, 0.3) is 5.65 Å². The first-order valence-electron chi connectivity index (χ1n) is 8.71. The van der Waals surface area contributed by atoms with Crippen LogP contribution in [0.5, 0.6) is 0 Å². The highest BCUT2D eigenvalue weighted by Gasteiger charge is 2.25. The number of aromatic nitrogens is 4. The van der Waals surface area contributed by atoms with Crippen LogP contribution in [0.4, 0.5) is 5.82 Å². The summed E-state index contributed by atoms with van der Waals surface area (Å²) >= 11 is 0. The van der Waals surface area contributed by atoms with Gasteiger partial charge < -0.3 is 9.30 Å². The highest BCUT2D eigenvalue weighted by atomic mass is 15.2. The van der Waals surface area contributed by atoms with Gasteiger partial charge in [0.2, 0.25) is 0 Å². The largest absolute Gasteiger partial charge is 0.356 e. The summed E-state index contributed by atoms with van der Waals surface area (Å²) in [4.78, 5) is 15.8. The third-order valence-corrected chi connectivity index (χ3v) is 4.87. The van der Waals surface area contributed by atoms with Crippen LogP contribution in [0.1, 0.15) is 49.9 Å². The van der Waals surface area contributed by atoms with Gasteiger partial charge in [-0.3, -0.25) is 0 Å². The lowest BCUT2D eigenvalue weighted by molar-refractivity contribution is 0.496. The van der Waals surface area contributed by atoms with Gasteiger partial charge in [0.05, 0.1) is 0 Å². The smallest absolute Gasteiger partial charge is 0.136 e. The van der Waals surface area contributed by atoms with Crippen LogP contribution in [0, 0.1) is 0 Å². The average molecular weight is 321 g/mol. The van der Waals surface area contributed by atoms with E-state index >= 15 is 0 Å². The molecule has 1 unspecified atom stereocenters. The van der Waals surface area contributed by atoms with Crippen molar-refractivity contribution in [1.29, 1.82) is 0 Å². The van der Waals surface area contributed by atoms with Crippen LogP contribution in [-0.2, 0) is 0 Å². The number of nitrogens with zero attached hydrogens (tertiary/aromatic N) is 5. The van der Waals surface area contributed by atoms with Crippen LogP contribution in [-0.4, -0.2) is 32.4 Å². The van der Waals surface area contributed by atoms with E-state index in [4.69, 9.17) is 0 Å². The summed E-state index contributed by atoms with van der Waals surface area (Å²) in [6, 6.07) is 8.30. The molecule has 1 fully saturated rings. The molecule has 0 N–H and O–H groups in total. The van der Waals surface area contributed by atoms with Crippen molar-refractivity contribution in [2.45, 2.75) is 38.5 Å². The maximum atomic E-state index is 4.55. The Balaban J connectivity index is 1.61. The van der Waals surface area contributed by atoms with E-state index in [0.29, 0.717) is 11.8 Å². The summed E-state index contributed by atoms with van der Waals surface area (Å²) in [6.07, 6.45) is 8.21. The number of anilines is 1. The fraction of sp³-hybridized carbons (Fsp3) is 0.421. The van der Waals surface area contributed by atoms with Gasteiger partial charge in [-0.15, -0.1) is 0 Å². The summed E-state index contributed by atoms with van der Waals surface area (Å²) < 4.78 is 2.22. The molecule has 0 aromatic carbocycles. The Morgan fingerprint density at radius 3 is 2.96 bits per heavy atom. The number of fused-ring (bicyclic) bond motifs is 1. The second-order valence-corrected chi connectivity index (χ2v) is 6.85. The Bertz CT molecular complexity index is 838. The van der Waals surface area contributed by atoms with Crippen molar-refractivity contribution in [1.82, 2.24) is 19.4 Å². The highest BCUT2D eigenvalue weighted by molar-refractivity contribution is 5.43. The van der Waals surface area contributed by atoms with Crippen molar-refractivity contribution in [2.75, 3.05) is 18.0 Å². The molecule has 5 nitrogen and oxygen atoms in total. The summed E-state index contributed by atoms with van der Waals surface area (Å²) in [5.74, 6) is 1.95. The molecule has 0 spiro atoms. The Morgan fingerprint density at radius 2 is 2.08 bits per heavy atom. The van der Waals surface area contributed by atoms with Gasteiger partial charge in [0.15, 0.2) is 0 Å². The Kier molecular flexibility index (Phi) is 3.92. The molecule has 124 valence electrons. The lowest BCUT2D eigenvalue weighted by Gasteiger charge is -2.33. The number of hydrogen-bond acceptors (Lipinski definition) is 4. The zero-order chi connectivity index (χ0) is 16.5. The molecule has 4 heterocycles. The summed E-state index contributed by atoms with van der Waals surface area (Å²) in [5, 5.41) is 0. The van der Waals surface area contributed by atoms with Crippen LogP contribution < -0.4 is 4.90 Å². The predicted octanol–water partition coefficient (Wildman–Crippen LogP) is 3.63. The molecule has 1 atom stereocenters. The third kappa shape index (κ3) is 2.75. The summed E-state index contributed by atoms with van der Waals surface area (Å²) in [5.41, 5.74) is 3.43. The Hall–Kier alpha value is -2.43. The number of rotatable bonds is 3. The highest BCUT2D eigenvalue weighted by Crippen LogP contribution is 2.30. The predicted molar refractivity (Wildman–Crippen MR) is 95.5 cm³/mol. The van der Waals surface area contributed by atoms with E-state index in [1.54, 1.807) is 6.33 Å². The number of imidazole rings is 1. The number of piperidine rings is 1. The number of hydrogen-bond donors (Lipinski definition) is 0. The lowest BCUT2D eigenvalue weighted by atomic mass is 9.95. The van der Waals surface area contributed by atoms with Crippen molar-refractivity contribution >= 4 is 11.5 Å². The SMILES string of the molecule is CC(C)c1cc(N2CCCC(c3cnc4ccccn34)C2)ncn1. The van der Waals surface area contributed by atoms with Crippen molar-refractivity contribution < 1.29 is 0 Å². The average Bonchev–Trinajstić information content (AvgIpc) is 3.06. The molecule has 0 amide bonds. The van der Waals surface area contributed by atoms with Gasteiger partial charge in [-0.25, -0.2) is 15.0 Å². The minimum absolute atomic E-state index is 0.422. The van der Waals surface area contributed by atoms with Crippen LogP contribution in [0.15, 0.2) is 43.0 Å². The van der Waals surface area contributed by atoms with Gasteiger partial charge in [-0.1, -0.05) is 19.9 Å². The molecule has 24 heavy (non-hydrogen) atoms. The first kappa shape index (κ1) is 15.1. The zero-order valence-corrected chi connectivity index (χ0v) is 14.3. The molecule has 3 aromatic rings. The first-order valence-corrected chi connectivity index (χ1v) is 8.71. The summed E-state index contributed by atoms with van der Waals surface area (Å²) in [7, 11) is 0. The molecule has 0 saturated carbocycles. The van der Waals surface area contributed by atoms with Crippen LogP contribution >= 0.6 is 0 Å². The van der Waals surface area contributed by atoms with E-state index < -0.39 is 0 Å². The fourth-order valence-electron chi connectivity index (χ4n) is 3.53. The fourth-order valence-corrected chi connectivity index (χ4v) is 3.53. The normalized spacial score (nSPS) is 18.5. The molecule has 1 aliphatic heterocycles. The second kappa shape index (κ2) is 6.23. The lowest BCUT2D eigenvalue weighted by Crippen LogP contribution is -2.35. The van der Waals surface area contributed by atoms with Crippen molar-refractivity contribution in [3.8, 4) is 0 Å². The molecule has 5 heteroatoms. The summed E-state index contributed by atoms with van der Waals surface area (Å²) in [6.45, 7) is 6.38. The maximum Gasteiger partial charge on any atom is 0.136 e. The van der Waals surface area contributed by atoms with Crippen LogP contribution in [0.3, 0.4) is 0 Å². The van der Waals surface area contributed by atoms with Crippen molar-refractivity contribution in [2.24, 2.45) is 0 Å². The molecule has 1 aliphatic rings. The molecule has 0 aliphatic carbocycles. The number of pyridine rings is 1. The molecule has 4 rings (SSSR count).